The molecule has 0 fully saturated rings. The molecule has 0 bridgehead atoms. The molecule has 0 amide bonds. The Morgan fingerprint density at radius 1 is 1.62 bits per heavy atom. The van der Waals surface area contributed by atoms with Crippen molar-refractivity contribution in [3.63, 3.8) is 0 Å². The van der Waals surface area contributed by atoms with Gasteiger partial charge in [0.25, 0.3) is 0 Å². The van der Waals surface area contributed by atoms with Crippen molar-refractivity contribution in [2.24, 2.45) is 11.7 Å². The van der Waals surface area contributed by atoms with Crippen molar-refractivity contribution in [2.75, 3.05) is 0 Å². The van der Waals surface area contributed by atoms with Crippen molar-refractivity contribution in [3.05, 3.63) is 18.2 Å². The average Bonchev–Trinajstić information content (AvgIpc) is 2.52. The van der Waals surface area contributed by atoms with Crippen LogP contribution in [-0.4, -0.2) is 9.55 Å². The van der Waals surface area contributed by atoms with Gasteiger partial charge in [-0.2, -0.15) is 0 Å². The normalized spacial score (nSPS) is 13.2. The van der Waals surface area contributed by atoms with Crippen LogP contribution >= 0.6 is 0 Å². The zero-order valence-corrected chi connectivity index (χ0v) is 8.53. The van der Waals surface area contributed by atoms with Crippen LogP contribution < -0.4 is 5.73 Å². The van der Waals surface area contributed by atoms with Gasteiger partial charge in [-0.1, -0.05) is 20.3 Å². The third-order valence-electron chi connectivity index (χ3n) is 2.27. The minimum Gasteiger partial charge on any atom is -0.334 e. The van der Waals surface area contributed by atoms with E-state index in [-0.39, 0.29) is 0 Å². The van der Waals surface area contributed by atoms with Crippen LogP contribution in [-0.2, 0) is 13.1 Å². The first kappa shape index (κ1) is 10.3. The van der Waals surface area contributed by atoms with Crippen LogP contribution in [0.1, 0.15) is 32.5 Å². The molecule has 0 aliphatic carbocycles. The zero-order valence-electron chi connectivity index (χ0n) is 8.53. The molecule has 0 saturated carbocycles. The van der Waals surface area contributed by atoms with Gasteiger partial charge in [-0.15, -0.1) is 0 Å². The Kier molecular flexibility index (Phi) is 3.96. The maximum atomic E-state index is 5.56. The van der Waals surface area contributed by atoms with Crippen LogP contribution in [0.2, 0.25) is 0 Å². The first-order chi connectivity index (χ1) is 6.27. The number of aromatic nitrogens is 2. The fraction of sp³-hybridized carbons (Fsp3) is 0.700. The summed E-state index contributed by atoms with van der Waals surface area (Å²) in [5, 5.41) is 0. The Labute approximate surface area is 80.0 Å². The van der Waals surface area contributed by atoms with Gasteiger partial charge in [0.2, 0.25) is 0 Å². The fourth-order valence-electron chi connectivity index (χ4n) is 1.62. The lowest BCUT2D eigenvalue weighted by Gasteiger charge is -2.12. The third kappa shape index (κ3) is 2.84. The first-order valence-corrected chi connectivity index (χ1v) is 4.98. The van der Waals surface area contributed by atoms with Crippen LogP contribution in [0.15, 0.2) is 12.4 Å². The third-order valence-corrected chi connectivity index (χ3v) is 2.27. The topological polar surface area (TPSA) is 43.8 Å². The van der Waals surface area contributed by atoms with Crippen LogP contribution in [0, 0.1) is 5.92 Å². The molecule has 1 atom stereocenters. The molecule has 1 aromatic heterocycles. The molecule has 0 radical (unpaired) electrons. The summed E-state index contributed by atoms with van der Waals surface area (Å²) >= 11 is 0. The molecule has 3 nitrogen and oxygen atoms in total. The SMILES string of the molecule is CCCC(C)Cn1ccnc1CN. The summed E-state index contributed by atoms with van der Waals surface area (Å²) in [6.07, 6.45) is 6.34. The number of nitrogens with zero attached hydrogens (tertiary/aromatic N) is 2. The Bertz CT molecular complexity index is 242. The molecule has 1 rings (SSSR count). The molecule has 0 spiro atoms. The van der Waals surface area contributed by atoms with Gasteiger partial charge in [0.1, 0.15) is 5.82 Å². The summed E-state index contributed by atoms with van der Waals surface area (Å²) in [6.45, 7) is 6.06. The Hall–Kier alpha value is -0.830. The summed E-state index contributed by atoms with van der Waals surface area (Å²) in [5.74, 6) is 1.70. The molecule has 0 aliphatic heterocycles. The van der Waals surface area contributed by atoms with Crippen molar-refractivity contribution in [1.82, 2.24) is 9.55 Å². The summed E-state index contributed by atoms with van der Waals surface area (Å²) in [4.78, 5) is 4.19. The van der Waals surface area contributed by atoms with Crippen LogP contribution in [0.3, 0.4) is 0 Å². The second kappa shape index (κ2) is 5.02. The smallest absolute Gasteiger partial charge is 0.122 e. The highest BCUT2D eigenvalue weighted by Crippen LogP contribution is 2.09. The van der Waals surface area contributed by atoms with Crippen LogP contribution in [0.25, 0.3) is 0 Å². The van der Waals surface area contributed by atoms with Gasteiger partial charge in [-0.25, -0.2) is 4.98 Å². The van der Waals surface area contributed by atoms with Gasteiger partial charge in [0.05, 0.1) is 6.54 Å². The number of hydrogen-bond donors (Lipinski definition) is 1. The lowest BCUT2D eigenvalue weighted by molar-refractivity contribution is 0.437. The van der Waals surface area contributed by atoms with E-state index in [4.69, 9.17) is 5.73 Å². The highest BCUT2D eigenvalue weighted by Gasteiger charge is 2.04. The van der Waals surface area contributed by atoms with E-state index in [9.17, 15) is 0 Å². The van der Waals surface area contributed by atoms with E-state index in [0.717, 1.165) is 12.4 Å². The minimum atomic E-state index is 0.534. The lowest BCUT2D eigenvalue weighted by atomic mass is 10.1. The number of imidazole rings is 1. The van der Waals surface area contributed by atoms with Gasteiger partial charge in [0, 0.05) is 18.9 Å². The highest BCUT2D eigenvalue weighted by atomic mass is 15.1. The molecule has 1 unspecified atom stereocenters. The van der Waals surface area contributed by atoms with E-state index < -0.39 is 0 Å². The lowest BCUT2D eigenvalue weighted by Crippen LogP contribution is -2.12. The van der Waals surface area contributed by atoms with Gasteiger partial charge in [0.15, 0.2) is 0 Å². The van der Waals surface area contributed by atoms with E-state index in [1.54, 1.807) is 0 Å². The van der Waals surface area contributed by atoms with Gasteiger partial charge in [-0.05, 0) is 12.3 Å². The minimum absolute atomic E-state index is 0.534. The fourth-order valence-corrected chi connectivity index (χ4v) is 1.62. The second-order valence-corrected chi connectivity index (χ2v) is 3.59. The molecule has 0 aromatic carbocycles. The number of nitrogens with two attached hydrogens (primary N) is 1. The van der Waals surface area contributed by atoms with Gasteiger partial charge in [-0.3, -0.25) is 0 Å². The second-order valence-electron chi connectivity index (χ2n) is 3.59. The van der Waals surface area contributed by atoms with E-state index in [2.05, 4.69) is 23.4 Å². The number of hydrogen-bond acceptors (Lipinski definition) is 2. The van der Waals surface area contributed by atoms with Crippen molar-refractivity contribution in [3.8, 4) is 0 Å². The predicted octanol–water partition coefficient (Wildman–Crippen LogP) is 1.78. The largest absolute Gasteiger partial charge is 0.334 e. The molecular weight excluding hydrogens is 162 g/mol. The van der Waals surface area contributed by atoms with E-state index in [0.29, 0.717) is 12.5 Å². The summed E-state index contributed by atoms with van der Waals surface area (Å²) < 4.78 is 2.15. The van der Waals surface area contributed by atoms with Crippen molar-refractivity contribution in [1.29, 1.82) is 0 Å². The Balaban J connectivity index is 2.52. The molecule has 74 valence electrons. The van der Waals surface area contributed by atoms with Crippen LogP contribution in [0.5, 0.6) is 0 Å². The molecule has 1 aromatic rings. The maximum absolute atomic E-state index is 5.56. The predicted molar refractivity (Wildman–Crippen MR) is 54.2 cm³/mol. The molecule has 0 aliphatic rings. The molecule has 1 heterocycles. The van der Waals surface area contributed by atoms with E-state index in [1.165, 1.54) is 12.8 Å². The molecule has 0 saturated heterocycles. The summed E-state index contributed by atoms with van der Waals surface area (Å²) in [6, 6.07) is 0. The molecular formula is C10H19N3. The molecule has 2 N–H and O–H groups in total. The summed E-state index contributed by atoms with van der Waals surface area (Å²) in [7, 11) is 0. The van der Waals surface area contributed by atoms with Crippen molar-refractivity contribution < 1.29 is 0 Å². The highest BCUT2D eigenvalue weighted by molar-refractivity contribution is 4.91. The van der Waals surface area contributed by atoms with Crippen LogP contribution in [0.4, 0.5) is 0 Å². The van der Waals surface area contributed by atoms with Gasteiger partial charge >= 0.3 is 0 Å². The summed E-state index contributed by atoms with van der Waals surface area (Å²) in [5.41, 5.74) is 5.56. The average molecular weight is 181 g/mol. The number of rotatable bonds is 5. The Morgan fingerprint density at radius 2 is 2.38 bits per heavy atom. The zero-order chi connectivity index (χ0) is 9.68. The monoisotopic (exact) mass is 181 g/mol. The van der Waals surface area contributed by atoms with Crippen molar-refractivity contribution >= 4 is 0 Å². The molecule has 13 heavy (non-hydrogen) atoms. The quantitative estimate of drug-likeness (QED) is 0.752. The standard InChI is InChI=1S/C10H19N3/c1-3-4-9(2)8-13-6-5-12-10(13)7-11/h5-6,9H,3-4,7-8,11H2,1-2H3. The first-order valence-electron chi connectivity index (χ1n) is 4.98. The van der Waals surface area contributed by atoms with Crippen molar-refractivity contribution in [2.45, 2.75) is 39.8 Å². The van der Waals surface area contributed by atoms with E-state index in [1.807, 2.05) is 12.4 Å². The maximum Gasteiger partial charge on any atom is 0.122 e. The molecule has 3 heteroatoms. The van der Waals surface area contributed by atoms with Gasteiger partial charge < -0.3 is 10.3 Å². The van der Waals surface area contributed by atoms with E-state index >= 15 is 0 Å². The Morgan fingerprint density at radius 3 is 3.00 bits per heavy atom.